The first kappa shape index (κ1) is 11.2. The van der Waals surface area contributed by atoms with Crippen molar-refractivity contribution in [2.75, 3.05) is 13.2 Å². The first-order chi connectivity index (χ1) is 8.38. The Hall–Kier alpha value is -0.900. The van der Waals surface area contributed by atoms with Gasteiger partial charge in [0.2, 0.25) is 0 Å². The maximum atomic E-state index is 8.96. The van der Waals surface area contributed by atoms with E-state index in [2.05, 4.69) is 12.1 Å². The minimum absolute atomic E-state index is 0.0790. The van der Waals surface area contributed by atoms with Gasteiger partial charge in [0.1, 0.15) is 0 Å². The Labute approximate surface area is 101 Å². The number of ether oxygens (including phenoxy) is 2. The van der Waals surface area contributed by atoms with Crippen LogP contribution < -0.4 is 0 Å². The van der Waals surface area contributed by atoms with Crippen molar-refractivity contribution in [2.45, 2.75) is 25.2 Å². The summed E-state index contributed by atoms with van der Waals surface area (Å²) >= 11 is 0. The van der Waals surface area contributed by atoms with Gasteiger partial charge in [-0.2, -0.15) is 0 Å². The fourth-order valence-corrected chi connectivity index (χ4v) is 2.73. The van der Waals surface area contributed by atoms with Crippen LogP contribution in [0, 0.1) is 11.8 Å². The van der Waals surface area contributed by atoms with Crippen LogP contribution in [-0.2, 0) is 16.1 Å². The van der Waals surface area contributed by atoms with Crippen molar-refractivity contribution < 1.29 is 14.6 Å². The summed E-state index contributed by atoms with van der Waals surface area (Å²) < 4.78 is 11.4. The van der Waals surface area contributed by atoms with Gasteiger partial charge in [-0.1, -0.05) is 30.3 Å². The molecule has 0 bridgehead atoms. The van der Waals surface area contributed by atoms with E-state index >= 15 is 0 Å². The number of fused-ring (bicyclic) bond motifs is 1. The standard InChI is InChI=1S/C14H18O3/c15-7-11-6-12-13(14(12)17-11)9-16-8-10-4-2-1-3-5-10/h1-5,11-15H,6-9H2/t11-,12+,13+,14+/m1/s1. The highest BCUT2D eigenvalue weighted by Gasteiger charge is 2.57. The second-order valence-corrected chi connectivity index (χ2v) is 4.97. The van der Waals surface area contributed by atoms with E-state index in [0.29, 0.717) is 24.5 Å². The number of hydrogen-bond donors (Lipinski definition) is 1. The average Bonchev–Trinajstić information content (AvgIpc) is 2.85. The van der Waals surface area contributed by atoms with Gasteiger partial charge < -0.3 is 14.6 Å². The number of aliphatic hydroxyl groups is 1. The normalized spacial score (nSPS) is 34.6. The number of hydrogen-bond acceptors (Lipinski definition) is 3. The summed E-state index contributed by atoms with van der Waals surface area (Å²) in [5.74, 6) is 1.18. The molecular formula is C14H18O3. The fourth-order valence-electron chi connectivity index (χ4n) is 2.73. The minimum atomic E-state index is 0.0790. The van der Waals surface area contributed by atoms with Gasteiger partial charge in [0.05, 0.1) is 32.0 Å². The molecular weight excluding hydrogens is 216 g/mol. The van der Waals surface area contributed by atoms with Crippen molar-refractivity contribution in [3.05, 3.63) is 35.9 Å². The Morgan fingerprint density at radius 1 is 1.29 bits per heavy atom. The molecule has 0 amide bonds. The Morgan fingerprint density at radius 2 is 2.12 bits per heavy atom. The molecule has 0 spiro atoms. The maximum absolute atomic E-state index is 8.96. The molecule has 1 heterocycles. The van der Waals surface area contributed by atoms with Crippen LogP contribution in [0.25, 0.3) is 0 Å². The molecule has 2 aliphatic rings. The van der Waals surface area contributed by atoms with Crippen molar-refractivity contribution >= 4 is 0 Å². The smallest absolute Gasteiger partial charge is 0.0813 e. The zero-order chi connectivity index (χ0) is 11.7. The maximum Gasteiger partial charge on any atom is 0.0813 e. The van der Waals surface area contributed by atoms with Crippen molar-refractivity contribution in [1.29, 1.82) is 0 Å². The molecule has 2 fully saturated rings. The van der Waals surface area contributed by atoms with E-state index < -0.39 is 0 Å². The Morgan fingerprint density at radius 3 is 2.76 bits per heavy atom. The van der Waals surface area contributed by atoms with Crippen LogP contribution in [0.15, 0.2) is 30.3 Å². The molecule has 1 saturated carbocycles. The van der Waals surface area contributed by atoms with E-state index in [9.17, 15) is 0 Å². The van der Waals surface area contributed by atoms with Gasteiger partial charge >= 0.3 is 0 Å². The Bertz CT molecular complexity index is 353. The fraction of sp³-hybridized carbons (Fsp3) is 0.571. The number of benzene rings is 1. The lowest BCUT2D eigenvalue weighted by atomic mass is 10.2. The summed E-state index contributed by atoms with van der Waals surface area (Å²) in [7, 11) is 0. The molecule has 17 heavy (non-hydrogen) atoms. The third-order valence-electron chi connectivity index (χ3n) is 3.76. The zero-order valence-electron chi connectivity index (χ0n) is 9.79. The molecule has 3 rings (SSSR count). The van der Waals surface area contributed by atoms with E-state index in [1.54, 1.807) is 0 Å². The van der Waals surface area contributed by atoms with Crippen molar-refractivity contribution in [2.24, 2.45) is 11.8 Å². The Kier molecular flexibility index (Phi) is 3.14. The molecule has 0 unspecified atom stereocenters. The number of rotatable bonds is 5. The highest BCUT2D eigenvalue weighted by molar-refractivity contribution is 5.13. The highest BCUT2D eigenvalue weighted by atomic mass is 16.5. The van der Waals surface area contributed by atoms with Crippen molar-refractivity contribution in [1.82, 2.24) is 0 Å². The van der Waals surface area contributed by atoms with E-state index in [1.807, 2.05) is 18.2 Å². The summed E-state index contributed by atoms with van der Waals surface area (Å²) in [6.45, 7) is 1.62. The van der Waals surface area contributed by atoms with Crippen LogP contribution in [0.1, 0.15) is 12.0 Å². The molecule has 3 nitrogen and oxygen atoms in total. The van der Waals surface area contributed by atoms with Gasteiger partial charge in [-0.3, -0.25) is 0 Å². The SMILES string of the molecule is OC[C@H]1C[C@H]2[C@H](COCc3ccccc3)[C@H]2O1. The summed E-state index contributed by atoms with van der Waals surface area (Å²) in [5.41, 5.74) is 1.22. The summed E-state index contributed by atoms with van der Waals surface area (Å²) in [4.78, 5) is 0. The summed E-state index contributed by atoms with van der Waals surface area (Å²) in [5, 5.41) is 8.96. The lowest BCUT2D eigenvalue weighted by Crippen LogP contribution is -2.17. The van der Waals surface area contributed by atoms with Crippen LogP contribution in [0.4, 0.5) is 0 Å². The van der Waals surface area contributed by atoms with Crippen LogP contribution in [-0.4, -0.2) is 30.5 Å². The lowest BCUT2D eigenvalue weighted by Gasteiger charge is -2.12. The minimum Gasteiger partial charge on any atom is -0.394 e. The topological polar surface area (TPSA) is 38.7 Å². The van der Waals surface area contributed by atoms with Crippen LogP contribution >= 0.6 is 0 Å². The third kappa shape index (κ3) is 2.37. The molecule has 4 atom stereocenters. The van der Waals surface area contributed by atoms with Gasteiger partial charge in [-0.05, 0) is 17.9 Å². The summed E-state index contributed by atoms with van der Waals surface area (Å²) in [6, 6.07) is 10.2. The second-order valence-electron chi connectivity index (χ2n) is 4.97. The molecule has 1 aliphatic heterocycles. The molecule has 0 radical (unpaired) electrons. The van der Waals surface area contributed by atoms with Gasteiger partial charge in [-0.25, -0.2) is 0 Å². The quantitative estimate of drug-likeness (QED) is 0.841. The first-order valence-corrected chi connectivity index (χ1v) is 6.26. The predicted molar refractivity (Wildman–Crippen MR) is 63.4 cm³/mol. The predicted octanol–water partition coefficient (Wildman–Crippen LogP) is 1.60. The van der Waals surface area contributed by atoms with Gasteiger partial charge in [0.15, 0.2) is 0 Å². The Balaban J connectivity index is 1.38. The van der Waals surface area contributed by atoms with Gasteiger partial charge in [0.25, 0.3) is 0 Å². The molecule has 92 valence electrons. The van der Waals surface area contributed by atoms with Crippen LogP contribution in [0.2, 0.25) is 0 Å². The summed E-state index contributed by atoms with van der Waals surface area (Å²) in [6.07, 6.45) is 1.43. The molecule has 1 aliphatic carbocycles. The number of aliphatic hydroxyl groups excluding tert-OH is 1. The van der Waals surface area contributed by atoms with E-state index in [4.69, 9.17) is 14.6 Å². The van der Waals surface area contributed by atoms with Crippen molar-refractivity contribution in [3.63, 3.8) is 0 Å². The highest BCUT2D eigenvalue weighted by Crippen LogP contribution is 2.51. The molecule has 1 N–H and O–H groups in total. The molecule has 0 aromatic heterocycles. The van der Waals surface area contributed by atoms with Gasteiger partial charge in [-0.15, -0.1) is 0 Å². The largest absolute Gasteiger partial charge is 0.394 e. The van der Waals surface area contributed by atoms with Crippen LogP contribution in [0.3, 0.4) is 0 Å². The van der Waals surface area contributed by atoms with Crippen LogP contribution in [0.5, 0.6) is 0 Å². The average molecular weight is 234 g/mol. The molecule has 1 saturated heterocycles. The molecule has 1 aromatic rings. The second kappa shape index (κ2) is 4.77. The van der Waals surface area contributed by atoms with E-state index in [0.717, 1.165) is 13.0 Å². The van der Waals surface area contributed by atoms with E-state index in [1.165, 1.54) is 5.56 Å². The molecule has 3 heteroatoms. The lowest BCUT2D eigenvalue weighted by molar-refractivity contribution is 0.00417. The van der Waals surface area contributed by atoms with E-state index in [-0.39, 0.29) is 12.7 Å². The molecule has 1 aromatic carbocycles. The zero-order valence-corrected chi connectivity index (χ0v) is 9.79. The third-order valence-corrected chi connectivity index (χ3v) is 3.76. The first-order valence-electron chi connectivity index (χ1n) is 6.26. The monoisotopic (exact) mass is 234 g/mol. The van der Waals surface area contributed by atoms with Crippen molar-refractivity contribution in [3.8, 4) is 0 Å². The van der Waals surface area contributed by atoms with Gasteiger partial charge in [0, 0.05) is 5.92 Å².